The molecule has 0 aromatic heterocycles. The summed E-state index contributed by atoms with van der Waals surface area (Å²) < 4.78 is 46.8. The summed E-state index contributed by atoms with van der Waals surface area (Å²) in [7, 11) is -1.38. The first-order chi connectivity index (χ1) is 22.1. The number of carbonyl (C=O) groups is 3. The Labute approximate surface area is 277 Å². The summed E-state index contributed by atoms with van der Waals surface area (Å²) >= 11 is 0. The fourth-order valence-electron chi connectivity index (χ4n) is 6.60. The van der Waals surface area contributed by atoms with Gasteiger partial charge in [0.25, 0.3) is 0 Å². The van der Waals surface area contributed by atoms with Gasteiger partial charge in [0, 0.05) is 57.4 Å². The van der Waals surface area contributed by atoms with E-state index in [9.17, 15) is 32.3 Å². The number of anilines is 1. The molecular weight excluding hydrogens is 627 g/mol. The maximum atomic E-state index is 14.9. The van der Waals surface area contributed by atoms with Crippen LogP contribution in [-0.4, -0.2) is 112 Å². The molecule has 13 heteroatoms. The number of hydrogen-bond donors (Lipinski definition) is 2. The quantitative estimate of drug-likeness (QED) is 0.344. The molecule has 2 aliphatic heterocycles. The van der Waals surface area contributed by atoms with Crippen LogP contribution in [0.25, 0.3) is 6.08 Å². The molecule has 0 bridgehead atoms. The Morgan fingerprint density at radius 3 is 2.43 bits per heavy atom. The predicted molar refractivity (Wildman–Crippen MR) is 179 cm³/mol. The minimum Gasteiger partial charge on any atom is -0.442 e. The number of ketones is 2. The van der Waals surface area contributed by atoms with Crippen LogP contribution in [0.2, 0.25) is 0 Å². The zero-order valence-electron chi connectivity index (χ0n) is 28.0. The molecule has 0 saturated carbocycles. The van der Waals surface area contributed by atoms with Crippen molar-refractivity contribution in [3.63, 3.8) is 0 Å². The number of sulfonamides is 1. The summed E-state index contributed by atoms with van der Waals surface area (Å²) in [6, 6.07) is 4.22. The Bertz CT molecular complexity index is 1470. The number of carbonyl (C=O) groups excluding carboxylic acids is 3. The first-order valence-corrected chi connectivity index (χ1v) is 18.3. The largest absolute Gasteiger partial charge is 0.442 e. The zero-order valence-corrected chi connectivity index (χ0v) is 28.8. The molecular formula is C34H49FN4O7S. The van der Waals surface area contributed by atoms with Crippen molar-refractivity contribution in [2.75, 3.05) is 57.5 Å². The average molecular weight is 677 g/mol. The number of rotatable bonds is 6. The van der Waals surface area contributed by atoms with Gasteiger partial charge in [0.1, 0.15) is 11.9 Å². The highest BCUT2D eigenvalue weighted by Gasteiger charge is 2.33. The lowest BCUT2D eigenvalue weighted by atomic mass is 9.80. The van der Waals surface area contributed by atoms with Gasteiger partial charge in [-0.15, -0.1) is 0 Å². The normalized spacial score (nSPS) is 29.7. The van der Waals surface area contributed by atoms with Gasteiger partial charge < -0.3 is 24.5 Å². The van der Waals surface area contributed by atoms with Gasteiger partial charge in [-0.05, 0) is 74.9 Å². The second-order valence-corrected chi connectivity index (χ2v) is 15.3. The summed E-state index contributed by atoms with van der Waals surface area (Å²) in [6.07, 6.45) is 5.40. The van der Waals surface area contributed by atoms with Gasteiger partial charge >= 0.3 is 6.09 Å². The van der Waals surface area contributed by atoms with E-state index in [0.717, 1.165) is 19.3 Å². The second-order valence-electron chi connectivity index (χ2n) is 13.5. The number of hydrogen-bond acceptors (Lipinski definition) is 9. The maximum Gasteiger partial charge on any atom is 0.410 e. The van der Waals surface area contributed by atoms with E-state index < -0.39 is 57.5 Å². The minimum atomic E-state index is -3.38. The highest BCUT2D eigenvalue weighted by atomic mass is 32.2. The molecule has 4 rings (SSSR count). The van der Waals surface area contributed by atoms with Crippen LogP contribution in [0.4, 0.5) is 14.9 Å². The molecule has 1 aromatic carbocycles. The number of piperazine rings is 1. The van der Waals surface area contributed by atoms with E-state index >= 15 is 0 Å². The number of likely N-dealkylation sites (N-methyl/N-ethyl adjacent to an activating group) is 1. The molecule has 0 radical (unpaired) electrons. The summed E-state index contributed by atoms with van der Waals surface area (Å²) in [6.45, 7) is 9.04. The van der Waals surface area contributed by atoms with E-state index in [4.69, 9.17) is 4.74 Å². The van der Waals surface area contributed by atoms with Crippen LogP contribution < -0.4 is 9.62 Å². The lowest BCUT2D eigenvalue weighted by Gasteiger charge is -2.33. The van der Waals surface area contributed by atoms with E-state index in [2.05, 4.69) is 9.62 Å². The van der Waals surface area contributed by atoms with Gasteiger partial charge in [0.15, 0.2) is 0 Å². The summed E-state index contributed by atoms with van der Waals surface area (Å²) in [5, 5.41) is 10.7. The van der Waals surface area contributed by atoms with Crippen LogP contribution in [0.5, 0.6) is 0 Å². The standard InChI is InChI=1S/C34H49FN4O7S/c1-22-6-8-29(40)20-30(41)33(42)32(23(2)7-9-31(22)46-34(43)38-14-12-37(4)13-15-38)24(3)16-25-17-26(35)19-28(18-25)39-11-10-27(21-39)36-47(5,44)45/h7,9,16-19,22-23,27,29,31-32,36,40H,6,8,10-15,20-21H2,1-5H3/b9-7+,24-16+/t22-,23-,27-,29+,31-,32-/m0/s1. The van der Waals surface area contributed by atoms with Crippen LogP contribution in [0.3, 0.4) is 0 Å². The van der Waals surface area contributed by atoms with Crippen molar-refractivity contribution in [1.82, 2.24) is 14.5 Å². The molecule has 1 amide bonds. The molecule has 6 atom stereocenters. The van der Waals surface area contributed by atoms with E-state index in [1.165, 1.54) is 12.1 Å². The van der Waals surface area contributed by atoms with Gasteiger partial charge in [0.05, 0.1) is 18.3 Å². The van der Waals surface area contributed by atoms with Crippen LogP contribution in [0, 0.1) is 23.6 Å². The third-order valence-electron chi connectivity index (χ3n) is 9.35. The SMILES string of the molecule is C/C(=C\c1cc(F)cc(N2CC[C@H](NS(C)(=O)=O)C2)c1)[C@H]1C(=O)C(=O)C[C@H](O)CC[C@H](C)[C@@H](OC(=O)N2CCN(C)CC2)/C=C/[C@@H]1C. The Hall–Kier alpha value is -3.13. The third kappa shape index (κ3) is 10.4. The second kappa shape index (κ2) is 15.8. The maximum absolute atomic E-state index is 14.9. The number of halogens is 1. The van der Waals surface area contributed by atoms with Crippen LogP contribution in [0.1, 0.15) is 52.0 Å². The number of nitrogens with one attached hydrogen (secondary N) is 1. The van der Waals surface area contributed by atoms with Crippen LogP contribution in [0.15, 0.2) is 35.9 Å². The molecule has 11 nitrogen and oxygen atoms in total. The lowest BCUT2D eigenvalue weighted by molar-refractivity contribution is -0.140. The summed E-state index contributed by atoms with van der Waals surface area (Å²) in [5.41, 5.74) is 1.62. The Morgan fingerprint density at radius 1 is 1.04 bits per heavy atom. The van der Waals surface area contributed by atoms with Crippen LogP contribution in [-0.2, 0) is 24.3 Å². The number of nitrogens with zero attached hydrogens (tertiary/aromatic N) is 3. The molecule has 0 spiro atoms. The van der Waals surface area contributed by atoms with E-state index in [1.807, 2.05) is 25.8 Å². The van der Waals surface area contributed by atoms with Gasteiger partial charge in [-0.25, -0.2) is 22.3 Å². The first kappa shape index (κ1) is 36.7. The number of Topliss-reactive ketones (excluding diaryl/α,β-unsaturated/α-hetero) is 2. The summed E-state index contributed by atoms with van der Waals surface area (Å²) in [5.74, 6) is -3.31. The van der Waals surface area contributed by atoms with Crippen LogP contribution >= 0.6 is 0 Å². The first-order valence-electron chi connectivity index (χ1n) is 16.4. The molecule has 2 heterocycles. The van der Waals surface area contributed by atoms with Crippen molar-refractivity contribution < 1.29 is 37.0 Å². The highest BCUT2D eigenvalue weighted by molar-refractivity contribution is 7.88. The van der Waals surface area contributed by atoms with Crippen molar-refractivity contribution in [2.45, 2.75) is 64.7 Å². The lowest BCUT2D eigenvalue weighted by Crippen LogP contribution is -2.48. The molecule has 3 aliphatic rings. The number of allylic oxidation sites excluding steroid dienone is 2. The zero-order chi connectivity index (χ0) is 34.5. The molecule has 1 aromatic rings. The van der Waals surface area contributed by atoms with Gasteiger partial charge in [0.2, 0.25) is 21.6 Å². The third-order valence-corrected chi connectivity index (χ3v) is 10.1. The molecule has 2 N–H and O–H groups in total. The molecule has 47 heavy (non-hydrogen) atoms. The van der Waals surface area contributed by atoms with E-state index in [-0.39, 0.29) is 24.8 Å². The molecule has 1 aliphatic carbocycles. The summed E-state index contributed by atoms with van der Waals surface area (Å²) in [4.78, 5) is 45.5. The number of aliphatic hydroxyl groups excluding tert-OH is 1. The molecule has 2 fully saturated rings. The number of benzene rings is 1. The monoisotopic (exact) mass is 676 g/mol. The fraction of sp³-hybridized carbons (Fsp3) is 0.618. The minimum absolute atomic E-state index is 0.145. The molecule has 260 valence electrons. The van der Waals surface area contributed by atoms with Gasteiger partial charge in [-0.2, -0.15) is 0 Å². The van der Waals surface area contributed by atoms with Crippen molar-refractivity contribution in [3.8, 4) is 0 Å². The average Bonchev–Trinajstić information content (AvgIpc) is 3.44. The van der Waals surface area contributed by atoms with Crippen molar-refractivity contribution in [2.24, 2.45) is 17.8 Å². The Kier molecular flexibility index (Phi) is 12.4. The van der Waals surface area contributed by atoms with E-state index in [0.29, 0.717) is 55.8 Å². The Balaban J connectivity index is 1.59. The number of ether oxygens (including phenoxy) is 1. The number of aliphatic hydroxyl groups is 1. The van der Waals surface area contributed by atoms with Crippen molar-refractivity contribution in [3.05, 3.63) is 47.3 Å². The molecule has 2 saturated heterocycles. The predicted octanol–water partition coefficient (Wildman–Crippen LogP) is 3.24. The fourth-order valence-corrected chi connectivity index (χ4v) is 7.40. The van der Waals surface area contributed by atoms with Gasteiger partial charge in [-0.1, -0.05) is 31.6 Å². The topological polar surface area (TPSA) is 137 Å². The van der Waals surface area contributed by atoms with E-state index in [1.54, 1.807) is 36.1 Å². The molecule has 0 unspecified atom stereocenters. The van der Waals surface area contributed by atoms with Gasteiger partial charge in [-0.3, -0.25) is 9.59 Å². The number of amides is 1. The highest BCUT2D eigenvalue weighted by Crippen LogP contribution is 2.30. The van der Waals surface area contributed by atoms with Crippen molar-refractivity contribution >= 4 is 39.4 Å². The Morgan fingerprint density at radius 2 is 1.74 bits per heavy atom. The smallest absolute Gasteiger partial charge is 0.410 e. The van der Waals surface area contributed by atoms with Crippen molar-refractivity contribution in [1.29, 1.82) is 0 Å².